The van der Waals surface area contributed by atoms with Crippen molar-refractivity contribution >= 4 is 16.8 Å². The number of carbonyl (C=O) groups excluding carboxylic acids is 1. The van der Waals surface area contributed by atoms with Gasteiger partial charge in [-0.05, 0) is 73.3 Å². The van der Waals surface area contributed by atoms with Crippen molar-refractivity contribution < 1.29 is 9.53 Å². The second kappa shape index (κ2) is 12.8. The highest BCUT2D eigenvalue weighted by Gasteiger charge is 2.34. The van der Waals surface area contributed by atoms with Crippen molar-refractivity contribution in [2.45, 2.75) is 44.4 Å². The number of carbonyl (C=O) groups is 1. The van der Waals surface area contributed by atoms with E-state index in [0.717, 1.165) is 56.7 Å². The van der Waals surface area contributed by atoms with Crippen molar-refractivity contribution in [3.8, 4) is 5.75 Å². The Balaban J connectivity index is 0.986. The van der Waals surface area contributed by atoms with Crippen molar-refractivity contribution in [3.05, 3.63) is 108 Å². The molecule has 0 saturated carbocycles. The summed E-state index contributed by atoms with van der Waals surface area (Å²) in [5.41, 5.74) is 11.3. The highest BCUT2D eigenvalue weighted by molar-refractivity contribution is 5.82. The number of piperidine rings is 1. The second-order valence-electron chi connectivity index (χ2n) is 11.5. The Morgan fingerprint density at radius 3 is 2.71 bits per heavy atom. The van der Waals surface area contributed by atoms with Gasteiger partial charge >= 0.3 is 0 Å². The third-order valence-electron chi connectivity index (χ3n) is 8.19. The Kier molecular flexibility index (Phi) is 8.56. The Morgan fingerprint density at radius 2 is 1.83 bits per heavy atom. The quantitative estimate of drug-likeness (QED) is 0.303. The average molecular weight is 550 g/mol. The minimum atomic E-state index is -0.195. The van der Waals surface area contributed by atoms with Crippen molar-refractivity contribution in [1.29, 1.82) is 0 Å². The fraction of sp³-hybridized carbons (Fsp3) is 0.353. The minimum Gasteiger partial charge on any atom is -0.493 e. The number of hydrogen-bond acceptors (Lipinski definition) is 6. The van der Waals surface area contributed by atoms with E-state index < -0.39 is 0 Å². The van der Waals surface area contributed by atoms with E-state index in [1.807, 2.05) is 41.4 Å². The molecule has 0 aliphatic carbocycles. The van der Waals surface area contributed by atoms with Crippen LogP contribution in [0.4, 0.5) is 0 Å². The van der Waals surface area contributed by atoms with Gasteiger partial charge in [-0.3, -0.25) is 14.7 Å². The Hall–Kier alpha value is -3.78. The van der Waals surface area contributed by atoms with Crippen LogP contribution < -0.4 is 15.6 Å². The molecule has 2 N–H and O–H groups in total. The number of amides is 1. The number of aromatic nitrogens is 1. The van der Waals surface area contributed by atoms with Crippen molar-refractivity contribution in [1.82, 2.24) is 25.6 Å². The zero-order valence-electron chi connectivity index (χ0n) is 23.7. The van der Waals surface area contributed by atoms with Crippen LogP contribution in [0, 0.1) is 5.92 Å². The normalized spacial score (nSPS) is 20.9. The molecule has 7 heteroatoms. The van der Waals surface area contributed by atoms with Crippen molar-refractivity contribution in [2.75, 3.05) is 26.7 Å². The molecule has 0 radical (unpaired) electrons. The second-order valence-corrected chi connectivity index (χ2v) is 11.5. The molecule has 3 heterocycles. The van der Waals surface area contributed by atoms with Gasteiger partial charge in [0.25, 0.3) is 0 Å². The zero-order valence-corrected chi connectivity index (χ0v) is 23.7. The first-order chi connectivity index (χ1) is 20.1. The highest BCUT2D eigenvalue weighted by Crippen LogP contribution is 2.26. The Bertz CT molecular complexity index is 1460. The van der Waals surface area contributed by atoms with E-state index in [0.29, 0.717) is 12.5 Å². The van der Waals surface area contributed by atoms with E-state index in [9.17, 15) is 4.79 Å². The molecule has 3 atom stereocenters. The minimum absolute atomic E-state index is 0.158. The van der Waals surface area contributed by atoms with Crippen LogP contribution in [0.3, 0.4) is 0 Å². The monoisotopic (exact) mass is 549 g/mol. The van der Waals surface area contributed by atoms with Crippen LogP contribution in [0.25, 0.3) is 10.9 Å². The van der Waals surface area contributed by atoms with Gasteiger partial charge < -0.3 is 9.64 Å². The maximum atomic E-state index is 13.3. The molecule has 1 aromatic heterocycles. The van der Waals surface area contributed by atoms with Gasteiger partial charge in [0.15, 0.2) is 0 Å². The number of fused-ring (bicyclic) bond motifs is 1. The lowest BCUT2D eigenvalue weighted by Gasteiger charge is -2.34. The largest absolute Gasteiger partial charge is 0.493 e. The van der Waals surface area contributed by atoms with Crippen LogP contribution >= 0.6 is 0 Å². The first-order valence-corrected chi connectivity index (χ1v) is 14.7. The first kappa shape index (κ1) is 27.4. The van der Waals surface area contributed by atoms with Gasteiger partial charge in [0.05, 0.1) is 12.1 Å². The third kappa shape index (κ3) is 6.93. The summed E-state index contributed by atoms with van der Waals surface area (Å²) in [4.78, 5) is 22.1. The summed E-state index contributed by atoms with van der Waals surface area (Å²) in [5, 5.41) is 1.17. The van der Waals surface area contributed by atoms with E-state index in [1.54, 1.807) is 0 Å². The lowest BCUT2D eigenvalue weighted by atomic mass is 9.97. The summed E-state index contributed by atoms with van der Waals surface area (Å²) in [7, 11) is 2.14. The number of nitrogens with zero attached hydrogens (tertiary/aromatic N) is 3. The molecule has 2 aliphatic heterocycles. The van der Waals surface area contributed by atoms with Crippen LogP contribution in [0.15, 0.2) is 91.1 Å². The van der Waals surface area contributed by atoms with E-state index in [4.69, 9.17) is 4.74 Å². The molecule has 6 rings (SSSR count). The standard InChI is InChI=1S/C34H39N5O2/c1-38(22-26-14-15-31-29(18-26)12-6-16-35-31)21-25-8-5-13-30(19-25)41-24-27-9-7-17-39(23-27)34(40)33-20-32(36-37-33)28-10-3-2-4-11-28/h2-6,8,10-16,18-19,27,32-33,36-37H,7,9,17,20-24H2,1H3. The molecule has 1 amide bonds. The number of likely N-dealkylation sites (tertiary alicyclic amines) is 1. The zero-order chi connectivity index (χ0) is 28.0. The predicted octanol–water partition coefficient (Wildman–Crippen LogP) is 5.09. The van der Waals surface area contributed by atoms with Crippen LogP contribution in [-0.4, -0.2) is 53.5 Å². The molecule has 3 aromatic carbocycles. The molecule has 2 aliphatic rings. The van der Waals surface area contributed by atoms with E-state index in [1.165, 1.54) is 22.1 Å². The SMILES string of the molecule is CN(Cc1cccc(OCC2CCCN(C(=O)C3CC(c4ccccc4)NN3)C2)c1)Cc1ccc2ncccc2c1. The van der Waals surface area contributed by atoms with Gasteiger partial charge in [-0.1, -0.05) is 54.6 Å². The molecule has 7 nitrogen and oxygen atoms in total. The number of rotatable bonds is 9. The van der Waals surface area contributed by atoms with Crippen LogP contribution in [0.5, 0.6) is 5.75 Å². The smallest absolute Gasteiger partial charge is 0.241 e. The molecule has 2 fully saturated rings. The maximum Gasteiger partial charge on any atom is 0.241 e. The molecular weight excluding hydrogens is 510 g/mol. The van der Waals surface area contributed by atoms with Gasteiger partial charge in [0, 0.05) is 49.7 Å². The van der Waals surface area contributed by atoms with Crippen LogP contribution in [-0.2, 0) is 17.9 Å². The maximum absolute atomic E-state index is 13.3. The Morgan fingerprint density at radius 1 is 0.976 bits per heavy atom. The van der Waals surface area contributed by atoms with Gasteiger partial charge in [0.1, 0.15) is 11.8 Å². The molecule has 4 aromatic rings. The van der Waals surface area contributed by atoms with Crippen LogP contribution in [0.1, 0.15) is 42.0 Å². The molecule has 3 unspecified atom stereocenters. The van der Waals surface area contributed by atoms with Gasteiger partial charge in [0.2, 0.25) is 5.91 Å². The number of ether oxygens (including phenoxy) is 1. The molecule has 2 saturated heterocycles. The average Bonchev–Trinajstić information content (AvgIpc) is 3.51. The molecule has 0 bridgehead atoms. The van der Waals surface area contributed by atoms with Crippen molar-refractivity contribution in [3.63, 3.8) is 0 Å². The molecule has 41 heavy (non-hydrogen) atoms. The lowest BCUT2D eigenvalue weighted by molar-refractivity contribution is -0.135. The van der Waals surface area contributed by atoms with Crippen molar-refractivity contribution in [2.24, 2.45) is 5.92 Å². The number of benzene rings is 3. The third-order valence-corrected chi connectivity index (χ3v) is 8.19. The number of hydrogen-bond donors (Lipinski definition) is 2. The van der Waals surface area contributed by atoms with E-state index in [-0.39, 0.29) is 18.0 Å². The summed E-state index contributed by atoms with van der Waals surface area (Å²) in [6.45, 7) is 3.88. The fourth-order valence-electron chi connectivity index (χ4n) is 6.09. The van der Waals surface area contributed by atoms with Gasteiger partial charge in [-0.2, -0.15) is 0 Å². The predicted molar refractivity (Wildman–Crippen MR) is 162 cm³/mol. The summed E-state index contributed by atoms with van der Waals surface area (Å²) in [6.07, 6.45) is 4.69. The topological polar surface area (TPSA) is 69.7 Å². The van der Waals surface area contributed by atoms with Gasteiger partial charge in [-0.25, -0.2) is 10.9 Å². The van der Waals surface area contributed by atoms with Crippen LogP contribution in [0.2, 0.25) is 0 Å². The van der Waals surface area contributed by atoms with Gasteiger partial charge in [-0.15, -0.1) is 0 Å². The molecular formula is C34H39N5O2. The lowest BCUT2D eigenvalue weighted by Crippen LogP contribution is -2.49. The number of nitrogens with one attached hydrogen (secondary N) is 2. The van der Waals surface area contributed by atoms with E-state index in [2.05, 4.69) is 82.4 Å². The highest BCUT2D eigenvalue weighted by atomic mass is 16.5. The van der Waals surface area contributed by atoms with E-state index >= 15 is 0 Å². The number of pyridine rings is 1. The summed E-state index contributed by atoms with van der Waals surface area (Å²) < 4.78 is 6.27. The Labute approximate surface area is 242 Å². The molecule has 212 valence electrons. The first-order valence-electron chi connectivity index (χ1n) is 14.7. The molecule has 0 spiro atoms. The fourth-order valence-corrected chi connectivity index (χ4v) is 6.09. The summed E-state index contributed by atoms with van der Waals surface area (Å²) in [5.74, 6) is 1.41. The summed E-state index contributed by atoms with van der Waals surface area (Å²) >= 11 is 0. The summed E-state index contributed by atoms with van der Waals surface area (Å²) in [6, 6.07) is 29.2. The number of hydrazine groups is 1.